The quantitative estimate of drug-likeness (QED) is 0.387. The van der Waals surface area contributed by atoms with Crippen LogP contribution in [-0.2, 0) is 29.4 Å². The summed E-state index contributed by atoms with van der Waals surface area (Å²) < 4.78 is 41.2. The van der Waals surface area contributed by atoms with Crippen LogP contribution in [0.5, 0.6) is 0 Å². The number of nitrogens with one attached hydrogen (secondary N) is 1. The highest BCUT2D eigenvalue weighted by Crippen LogP contribution is 2.27. The summed E-state index contributed by atoms with van der Waals surface area (Å²) in [6.45, 7) is 1.02. The van der Waals surface area contributed by atoms with E-state index in [1.54, 1.807) is 0 Å². The number of amides is 1. The molecule has 0 aliphatic heterocycles. The van der Waals surface area contributed by atoms with E-state index in [0.29, 0.717) is 6.29 Å². The Bertz CT molecular complexity index is 1590. The van der Waals surface area contributed by atoms with Crippen molar-refractivity contribution >= 4 is 29.2 Å². The molecule has 0 radical (unpaired) electrons. The Balaban J connectivity index is 1.62. The van der Waals surface area contributed by atoms with Gasteiger partial charge in [0.2, 0.25) is 11.7 Å². The van der Waals surface area contributed by atoms with Crippen molar-refractivity contribution in [1.29, 1.82) is 0 Å². The Labute approximate surface area is 199 Å². The minimum absolute atomic E-state index is 0.0363. The molecule has 4 aromatic heterocycles. The summed E-state index contributed by atoms with van der Waals surface area (Å²) in [6.07, 6.45) is -1.11. The molecule has 0 aliphatic rings. The summed E-state index contributed by atoms with van der Waals surface area (Å²) in [6, 6.07) is 3.50. The molecule has 4 heterocycles. The number of hydrogen-bond acceptors (Lipinski definition) is 8. The van der Waals surface area contributed by atoms with Crippen LogP contribution in [0.15, 0.2) is 46.5 Å². The molecule has 186 valence electrons. The summed E-state index contributed by atoms with van der Waals surface area (Å²) in [5.41, 5.74) is -1.10. The number of aryl methyl sites for hydroxylation is 1. The van der Waals surface area contributed by atoms with E-state index in [4.69, 9.17) is 0 Å². The molecule has 0 saturated carbocycles. The second kappa shape index (κ2) is 9.16. The Morgan fingerprint density at radius 2 is 1.86 bits per heavy atom. The summed E-state index contributed by atoms with van der Waals surface area (Å²) in [7, 11) is 1.38. The number of nitrogens with zero attached hydrogens (tertiary/aromatic N) is 7. The van der Waals surface area contributed by atoms with Gasteiger partial charge in [-0.25, -0.2) is 24.7 Å². The highest BCUT2D eigenvalue weighted by Gasteiger charge is 2.34. The maximum absolute atomic E-state index is 12.9. The van der Waals surface area contributed by atoms with E-state index < -0.39 is 41.7 Å². The molecule has 36 heavy (non-hydrogen) atoms. The number of hydrogen-bond donors (Lipinski definition) is 1. The number of alkyl halides is 3. The molecular weight excluding hydrogens is 485 g/mol. The van der Waals surface area contributed by atoms with Gasteiger partial charge in [-0.15, -0.1) is 0 Å². The maximum atomic E-state index is 12.9. The van der Waals surface area contributed by atoms with Crippen molar-refractivity contribution in [3.05, 3.63) is 63.6 Å². The molecule has 4 aromatic rings. The van der Waals surface area contributed by atoms with E-state index in [0.717, 1.165) is 21.5 Å². The van der Waals surface area contributed by atoms with E-state index in [-0.39, 0.29) is 28.2 Å². The standard InChI is InChI=1S/C21H17F3N8O4/c1-11(32-10-27-16-15(32)18(35)31(6-7-33)20(36)30(16)2)17(34)29-14-5-3-4-13(28-14)12-8-25-19(26-9-12)21(22,23)24/h3-5,7-11H,6H2,1-2H3,(H,28,29,34)/t11-/m0/s1. The second-order valence-corrected chi connectivity index (χ2v) is 7.61. The van der Waals surface area contributed by atoms with Gasteiger partial charge in [0.25, 0.3) is 5.56 Å². The van der Waals surface area contributed by atoms with Crippen molar-refractivity contribution in [2.24, 2.45) is 7.05 Å². The van der Waals surface area contributed by atoms with Crippen LogP contribution in [0.2, 0.25) is 0 Å². The molecule has 12 nitrogen and oxygen atoms in total. The number of halogens is 3. The van der Waals surface area contributed by atoms with Gasteiger partial charge in [0.05, 0.1) is 18.6 Å². The zero-order valence-corrected chi connectivity index (χ0v) is 18.7. The van der Waals surface area contributed by atoms with Crippen LogP contribution in [0.1, 0.15) is 18.8 Å². The highest BCUT2D eigenvalue weighted by atomic mass is 19.4. The van der Waals surface area contributed by atoms with E-state index in [2.05, 4.69) is 25.3 Å². The van der Waals surface area contributed by atoms with Gasteiger partial charge >= 0.3 is 11.9 Å². The third kappa shape index (κ3) is 4.37. The number of aromatic nitrogens is 7. The first kappa shape index (κ1) is 24.4. The van der Waals surface area contributed by atoms with Crippen LogP contribution in [0.4, 0.5) is 19.0 Å². The van der Waals surface area contributed by atoms with E-state index in [1.165, 1.54) is 43.1 Å². The summed E-state index contributed by atoms with van der Waals surface area (Å²) in [4.78, 5) is 63.9. The van der Waals surface area contributed by atoms with Crippen LogP contribution in [-0.4, -0.2) is 45.8 Å². The normalized spacial score (nSPS) is 12.5. The Hall–Kier alpha value is -4.69. The molecule has 4 rings (SSSR count). The fourth-order valence-corrected chi connectivity index (χ4v) is 3.45. The van der Waals surface area contributed by atoms with Gasteiger partial charge in [-0.3, -0.25) is 18.7 Å². The number of rotatable bonds is 6. The summed E-state index contributed by atoms with van der Waals surface area (Å²) >= 11 is 0. The molecule has 0 saturated heterocycles. The minimum atomic E-state index is -4.68. The summed E-state index contributed by atoms with van der Waals surface area (Å²) in [5.74, 6) is -1.81. The Morgan fingerprint density at radius 3 is 2.50 bits per heavy atom. The lowest BCUT2D eigenvalue weighted by Crippen LogP contribution is -2.40. The smallest absolute Gasteiger partial charge is 0.312 e. The zero-order chi connectivity index (χ0) is 26.2. The van der Waals surface area contributed by atoms with Gasteiger partial charge in [-0.05, 0) is 19.1 Å². The van der Waals surface area contributed by atoms with Crippen molar-refractivity contribution < 1.29 is 22.8 Å². The number of fused-ring (bicyclic) bond motifs is 1. The third-order valence-electron chi connectivity index (χ3n) is 5.31. The van der Waals surface area contributed by atoms with Gasteiger partial charge in [0.1, 0.15) is 18.1 Å². The number of pyridine rings is 1. The van der Waals surface area contributed by atoms with Gasteiger partial charge < -0.3 is 14.7 Å². The Morgan fingerprint density at radius 1 is 1.17 bits per heavy atom. The van der Waals surface area contributed by atoms with Crippen LogP contribution in [0.25, 0.3) is 22.4 Å². The van der Waals surface area contributed by atoms with Crippen molar-refractivity contribution in [2.45, 2.75) is 25.7 Å². The van der Waals surface area contributed by atoms with E-state index >= 15 is 0 Å². The van der Waals surface area contributed by atoms with E-state index in [1.807, 2.05) is 0 Å². The zero-order valence-electron chi connectivity index (χ0n) is 18.7. The number of anilines is 1. The van der Waals surface area contributed by atoms with Crippen molar-refractivity contribution in [2.75, 3.05) is 5.32 Å². The second-order valence-electron chi connectivity index (χ2n) is 7.61. The topological polar surface area (TPSA) is 147 Å². The Kier molecular flexibility index (Phi) is 6.22. The lowest BCUT2D eigenvalue weighted by Gasteiger charge is -2.15. The largest absolute Gasteiger partial charge is 0.451 e. The highest BCUT2D eigenvalue weighted by molar-refractivity contribution is 5.93. The van der Waals surface area contributed by atoms with Crippen LogP contribution < -0.4 is 16.6 Å². The van der Waals surface area contributed by atoms with Crippen LogP contribution in [0.3, 0.4) is 0 Å². The average Bonchev–Trinajstić information content (AvgIpc) is 3.30. The predicted octanol–water partition coefficient (Wildman–Crippen LogP) is 1.17. The summed E-state index contributed by atoms with van der Waals surface area (Å²) in [5, 5.41) is 2.57. The molecule has 1 amide bonds. The number of aldehydes is 1. The van der Waals surface area contributed by atoms with Crippen LogP contribution in [0, 0.1) is 0 Å². The minimum Gasteiger partial charge on any atom is -0.312 e. The number of imidazole rings is 1. The third-order valence-corrected chi connectivity index (χ3v) is 5.31. The average molecular weight is 502 g/mol. The molecule has 0 spiro atoms. The molecule has 0 aliphatic carbocycles. The van der Waals surface area contributed by atoms with Gasteiger partial charge in [0, 0.05) is 25.0 Å². The van der Waals surface area contributed by atoms with Crippen molar-refractivity contribution in [3.8, 4) is 11.3 Å². The predicted molar refractivity (Wildman–Crippen MR) is 119 cm³/mol. The maximum Gasteiger partial charge on any atom is 0.451 e. The van der Waals surface area contributed by atoms with Gasteiger partial charge in [-0.1, -0.05) is 6.07 Å². The fourth-order valence-electron chi connectivity index (χ4n) is 3.45. The fraction of sp³-hybridized carbons (Fsp3) is 0.238. The molecule has 0 unspecified atom stereocenters. The molecular formula is C21H17F3N8O4. The van der Waals surface area contributed by atoms with E-state index in [9.17, 15) is 32.3 Å². The molecule has 0 bridgehead atoms. The first-order valence-electron chi connectivity index (χ1n) is 10.3. The van der Waals surface area contributed by atoms with Crippen molar-refractivity contribution in [1.82, 2.24) is 33.6 Å². The SMILES string of the molecule is C[C@@H](C(=O)Nc1cccc(-c2cnc(C(F)(F)F)nc2)n1)n1cnc2c1c(=O)n(CC=O)c(=O)n2C. The number of carbonyl (C=O) groups excluding carboxylic acids is 2. The first-order chi connectivity index (χ1) is 17.0. The number of carbonyl (C=O) groups is 2. The lowest BCUT2D eigenvalue weighted by molar-refractivity contribution is -0.145. The monoisotopic (exact) mass is 502 g/mol. The molecule has 0 fully saturated rings. The van der Waals surface area contributed by atoms with Gasteiger partial charge in [0.15, 0.2) is 11.2 Å². The van der Waals surface area contributed by atoms with Crippen LogP contribution >= 0.6 is 0 Å². The van der Waals surface area contributed by atoms with Gasteiger partial charge in [-0.2, -0.15) is 13.2 Å². The lowest BCUT2D eigenvalue weighted by atomic mass is 10.2. The first-order valence-corrected chi connectivity index (χ1v) is 10.3. The molecule has 1 N–H and O–H groups in total. The van der Waals surface area contributed by atoms with Crippen molar-refractivity contribution in [3.63, 3.8) is 0 Å². The molecule has 1 atom stereocenters. The molecule has 0 aromatic carbocycles. The molecule has 15 heteroatoms.